The molecule has 2 rings (SSSR count). The lowest BCUT2D eigenvalue weighted by Gasteiger charge is -2.18. The van der Waals surface area contributed by atoms with E-state index in [2.05, 4.69) is 17.3 Å². The van der Waals surface area contributed by atoms with Crippen molar-refractivity contribution in [1.82, 2.24) is 9.78 Å². The van der Waals surface area contributed by atoms with E-state index >= 15 is 0 Å². The maximum Gasteiger partial charge on any atom is 0.266 e. The minimum Gasteiger partial charge on any atom is -0.479 e. The number of amides is 1. The van der Waals surface area contributed by atoms with Crippen LogP contribution in [0.5, 0.6) is 5.75 Å². The van der Waals surface area contributed by atoms with Gasteiger partial charge in [-0.1, -0.05) is 30.7 Å². The minimum absolute atomic E-state index is 0.213. The number of halogens is 1. The molecule has 0 bridgehead atoms. The molecule has 118 valence electrons. The summed E-state index contributed by atoms with van der Waals surface area (Å²) in [5.41, 5.74) is 0. The highest BCUT2D eigenvalue weighted by Gasteiger charge is 2.18. The number of benzene rings is 1. The van der Waals surface area contributed by atoms with Gasteiger partial charge in [0.1, 0.15) is 11.6 Å². The molecule has 1 aromatic heterocycles. The molecule has 0 saturated carbocycles. The van der Waals surface area contributed by atoms with Crippen LogP contribution in [-0.4, -0.2) is 21.8 Å². The number of nitrogens with one attached hydrogen (secondary N) is 1. The average Bonchev–Trinajstić information content (AvgIpc) is 2.96. The molecule has 0 aliphatic rings. The quantitative estimate of drug-likeness (QED) is 0.877. The van der Waals surface area contributed by atoms with E-state index in [9.17, 15) is 4.79 Å². The summed E-state index contributed by atoms with van der Waals surface area (Å²) in [6, 6.07) is 9.06. The largest absolute Gasteiger partial charge is 0.479 e. The standard InChI is InChI=1S/C16H20ClN3O2/c1-4-11(2)20-15(9-10-18-20)19-16(21)12(3)22-14-8-6-5-7-13(14)17/h5-12H,4H2,1-3H3,(H,19,21)/t11-,12-/m1/s1. The van der Waals surface area contributed by atoms with Gasteiger partial charge >= 0.3 is 0 Å². The summed E-state index contributed by atoms with van der Waals surface area (Å²) >= 11 is 6.03. The zero-order valence-electron chi connectivity index (χ0n) is 12.9. The van der Waals surface area contributed by atoms with Crippen LogP contribution in [0.2, 0.25) is 5.02 Å². The van der Waals surface area contributed by atoms with E-state index in [4.69, 9.17) is 16.3 Å². The Bertz CT molecular complexity index is 642. The Hall–Kier alpha value is -2.01. The molecule has 0 saturated heterocycles. The Morgan fingerprint density at radius 2 is 2.09 bits per heavy atom. The third kappa shape index (κ3) is 3.80. The van der Waals surface area contributed by atoms with E-state index < -0.39 is 6.10 Å². The van der Waals surface area contributed by atoms with Crippen LogP contribution in [0.25, 0.3) is 0 Å². The molecule has 1 amide bonds. The van der Waals surface area contributed by atoms with Crippen molar-refractivity contribution in [2.45, 2.75) is 39.3 Å². The zero-order chi connectivity index (χ0) is 16.1. The van der Waals surface area contributed by atoms with E-state index in [0.29, 0.717) is 16.6 Å². The number of anilines is 1. The first kappa shape index (κ1) is 16.4. The van der Waals surface area contributed by atoms with Crippen molar-refractivity contribution in [1.29, 1.82) is 0 Å². The number of carbonyl (C=O) groups is 1. The van der Waals surface area contributed by atoms with Gasteiger partial charge in [0.05, 0.1) is 17.3 Å². The molecule has 2 atom stereocenters. The van der Waals surface area contributed by atoms with Gasteiger partial charge in [-0.3, -0.25) is 4.79 Å². The monoisotopic (exact) mass is 321 g/mol. The van der Waals surface area contributed by atoms with Gasteiger partial charge in [-0.15, -0.1) is 0 Å². The molecule has 2 aromatic rings. The van der Waals surface area contributed by atoms with Crippen molar-refractivity contribution < 1.29 is 9.53 Å². The van der Waals surface area contributed by atoms with Crippen LogP contribution in [0.1, 0.15) is 33.2 Å². The van der Waals surface area contributed by atoms with Crippen molar-refractivity contribution in [2.75, 3.05) is 5.32 Å². The summed E-state index contributed by atoms with van der Waals surface area (Å²) in [5.74, 6) is 0.904. The van der Waals surface area contributed by atoms with Crippen molar-refractivity contribution in [3.05, 3.63) is 41.6 Å². The normalized spacial score (nSPS) is 13.5. The SMILES string of the molecule is CC[C@@H](C)n1nccc1NC(=O)[C@@H](C)Oc1ccccc1Cl. The summed E-state index contributed by atoms with van der Waals surface area (Å²) in [6.45, 7) is 5.80. The van der Waals surface area contributed by atoms with Crippen LogP contribution in [0.15, 0.2) is 36.5 Å². The van der Waals surface area contributed by atoms with E-state index in [0.717, 1.165) is 6.42 Å². The number of hydrogen-bond acceptors (Lipinski definition) is 3. The molecule has 1 aromatic carbocycles. The maximum absolute atomic E-state index is 12.3. The van der Waals surface area contributed by atoms with Crippen molar-refractivity contribution in [2.24, 2.45) is 0 Å². The Kier molecular flexibility index (Phi) is 5.44. The summed E-state index contributed by atoms with van der Waals surface area (Å²) in [7, 11) is 0. The smallest absolute Gasteiger partial charge is 0.266 e. The first-order chi connectivity index (χ1) is 10.5. The first-order valence-electron chi connectivity index (χ1n) is 7.28. The number of nitrogens with zero attached hydrogens (tertiary/aromatic N) is 2. The highest BCUT2D eigenvalue weighted by Crippen LogP contribution is 2.24. The molecule has 0 fully saturated rings. The maximum atomic E-state index is 12.3. The van der Waals surface area contributed by atoms with Crippen LogP contribution in [0, 0.1) is 0 Å². The molecule has 1 N–H and O–H groups in total. The van der Waals surface area contributed by atoms with E-state index in [1.54, 1.807) is 36.0 Å². The third-order valence-electron chi connectivity index (χ3n) is 3.44. The summed E-state index contributed by atoms with van der Waals surface area (Å²) in [6.07, 6.45) is 1.93. The fraction of sp³-hybridized carbons (Fsp3) is 0.375. The van der Waals surface area contributed by atoms with Crippen molar-refractivity contribution >= 4 is 23.3 Å². The highest BCUT2D eigenvalue weighted by atomic mass is 35.5. The lowest BCUT2D eigenvalue weighted by molar-refractivity contribution is -0.122. The van der Waals surface area contributed by atoms with E-state index in [-0.39, 0.29) is 11.9 Å². The van der Waals surface area contributed by atoms with E-state index in [1.807, 2.05) is 19.1 Å². The van der Waals surface area contributed by atoms with Crippen molar-refractivity contribution in [3.8, 4) is 5.75 Å². The Balaban J connectivity index is 2.03. The topological polar surface area (TPSA) is 56.2 Å². The van der Waals surface area contributed by atoms with Gasteiger partial charge in [-0.25, -0.2) is 4.68 Å². The van der Waals surface area contributed by atoms with Gasteiger partial charge in [0.2, 0.25) is 0 Å². The first-order valence-corrected chi connectivity index (χ1v) is 7.66. The molecule has 22 heavy (non-hydrogen) atoms. The van der Waals surface area contributed by atoms with Crippen LogP contribution in [-0.2, 0) is 4.79 Å². The van der Waals surface area contributed by atoms with Gasteiger partial charge in [-0.05, 0) is 32.4 Å². The van der Waals surface area contributed by atoms with Gasteiger partial charge < -0.3 is 10.1 Å². The molecule has 0 aliphatic heterocycles. The lowest BCUT2D eigenvalue weighted by Crippen LogP contribution is -2.31. The molecule has 0 aliphatic carbocycles. The molecular weight excluding hydrogens is 302 g/mol. The number of ether oxygens (including phenoxy) is 1. The number of rotatable bonds is 6. The number of aromatic nitrogens is 2. The van der Waals surface area contributed by atoms with Gasteiger partial charge in [-0.2, -0.15) is 5.10 Å². The predicted octanol–water partition coefficient (Wildman–Crippen LogP) is 3.91. The van der Waals surface area contributed by atoms with Crippen LogP contribution >= 0.6 is 11.6 Å². The van der Waals surface area contributed by atoms with Gasteiger partial charge in [0.25, 0.3) is 5.91 Å². The Morgan fingerprint density at radius 3 is 2.77 bits per heavy atom. The second-order valence-corrected chi connectivity index (χ2v) is 5.51. The predicted molar refractivity (Wildman–Crippen MR) is 87.4 cm³/mol. The molecular formula is C16H20ClN3O2. The summed E-state index contributed by atoms with van der Waals surface area (Å²) in [5, 5.41) is 7.55. The summed E-state index contributed by atoms with van der Waals surface area (Å²) < 4.78 is 7.40. The number of para-hydroxylation sites is 1. The van der Waals surface area contributed by atoms with Crippen LogP contribution in [0.4, 0.5) is 5.82 Å². The minimum atomic E-state index is -0.666. The van der Waals surface area contributed by atoms with Crippen LogP contribution < -0.4 is 10.1 Å². The molecule has 5 nitrogen and oxygen atoms in total. The number of hydrogen-bond donors (Lipinski definition) is 1. The second kappa shape index (κ2) is 7.31. The average molecular weight is 322 g/mol. The molecule has 0 radical (unpaired) electrons. The fourth-order valence-corrected chi connectivity index (χ4v) is 2.13. The third-order valence-corrected chi connectivity index (χ3v) is 3.75. The summed E-state index contributed by atoms with van der Waals surface area (Å²) in [4.78, 5) is 12.3. The number of carbonyl (C=O) groups excluding carboxylic acids is 1. The molecule has 1 heterocycles. The second-order valence-electron chi connectivity index (χ2n) is 5.10. The molecule has 6 heteroatoms. The van der Waals surface area contributed by atoms with Gasteiger partial charge in [0, 0.05) is 6.07 Å². The van der Waals surface area contributed by atoms with Crippen LogP contribution in [0.3, 0.4) is 0 Å². The lowest BCUT2D eigenvalue weighted by atomic mass is 10.3. The highest BCUT2D eigenvalue weighted by molar-refractivity contribution is 6.32. The fourth-order valence-electron chi connectivity index (χ4n) is 1.95. The van der Waals surface area contributed by atoms with E-state index in [1.165, 1.54) is 0 Å². The zero-order valence-corrected chi connectivity index (χ0v) is 13.7. The Labute approximate surface area is 135 Å². The Morgan fingerprint density at radius 1 is 1.36 bits per heavy atom. The molecule has 0 spiro atoms. The van der Waals surface area contributed by atoms with Crippen molar-refractivity contribution in [3.63, 3.8) is 0 Å². The molecule has 0 unspecified atom stereocenters. The van der Waals surface area contributed by atoms with Gasteiger partial charge in [0.15, 0.2) is 6.10 Å².